The first-order valence-corrected chi connectivity index (χ1v) is 11.8. The average Bonchev–Trinajstić information content (AvgIpc) is 2.36. The van der Waals surface area contributed by atoms with Crippen molar-refractivity contribution in [3.63, 3.8) is 0 Å². The summed E-state index contributed by atoms with van der Waals surface area (Å²) in [6.45, 7) is 0. The van der Waals surface area contributed by atoms with Gasteiger partial charge in [-0.05, 0) is 38.5 Å². The van der Waals surface area contributed by atoms with Crippen molar-refractivity contribution in [2.45, 2.75) is 67.5 Å². The van der Waals surface area contributed by atoms with E-state index < -0.39 is 0 Å². The van der Waals surface area contributed by atoms with E-state index >= 15 is 0 Å². The third-order valence-electron chi connectivity index (χ3n) is 3.33. The standard InChI is InChI=1S/C12H18Br6/c13-7-1-2-8(14)10(16)5-6-12(18)11(17)4-3-9(7)15/h7-12H,1-6H2/t7-,8-,9+,10+,11-,12+. The molecule has 0 aromatic carbocycles. The van der Waals surface area contributed by atoms with Gasteiger partial charge in [0.05, 0.1) is 0 Å². The maximum absolute atomic E-state index is 3.82. The molecule has 0 radical (unpaired) electrons. The molecule has 0 aliphatic heterocycles. The second-order valence-corrected chi connectivity index (χ2v) is 11.9. The summed E-state index contributed by atoms with van der Waals surface area (Å²) in [6.07, 6.45) is 7.24. The maximum atomic E-state index is 3.82. The van der Waals surface area contributed by atoms with Crippen LogP contribution < -0.4 is 0 Å². The van der Waals surface area contributed by atoms with Gasteiger partial charge in [0.15, 0.2) is 0 Å². The fraction of sp³-hybridized carbons (Fsp3) is 1.00. The number of alkyl halides is 6. The largest absolute Gasteiger partial charge is 0.0879 e. The zero-order valence-corrected chi connectivity index (χ0v) is 19.5. The molecule has 0 spiro atoms. The molecule has 0 aromatic rings. The fourth-order valence-corrected chi connectivity index (χ4v) is 5.21. The zero-order valence-electron chi connectivity index (χ0n) is 9.97. The molecule has 0 nitrogen and oxygen atoms in total. The van der Waals surface area contributed by atoms with Crippen LogP contribution in [0.1, 0.15) is 38.5 Å². The van der Waals surface area contributed by atoms with E-state index in [9.17, 15) is 0 Å². The lowest BCUT2D eigenvalue weighted by atomic mass is 10.0. The summed E-state index contributed by atoms with van der Waals surface area (Å²) in [5, 5.41) is 0. The molecule has 0 bridgehead atoms. The first-order valence-electron chi connectivity index (χ1n) is 6.26. The molecule has 0 saturated heterocycles. The van der Waals surface area contributed by atoms with Gasteiger partial charge < -0.3 is 0 Å². The van der Waals surface area contributed by atoms with Gasteiger partial charge in [-0.3, -0.25) is 0 Å². The van der Waals surface area contributed by atoms with Crippen molar-refractivity contribution >= 4 is 95.6 Å². The van der Waals surface area contributed by atoms with Crippen molar-refractivity contribution in [3.05, 3.63) is 0 Å². The number of hydrogen-bond acceptors (Lipinski definition) is 0. The molecule has 6 atom stereocenters. The molecule has 1 saturated carbocycles. The van der Waals surface area contributed by atoms with E-state index in [2.05, 4.69) is 95.6 Å². The van der Waals surface area contributed by atoms with Gasteiger partial charge in [0, 0.05) is 29.0 Å². The van der Waals surface area contributed by atoms with E-state index in [-0.39, 0.29) is 0 Å². The first-order chi connectivity index (χ1) is 8.41. The van der Waals surface area contributed by atoms with Crippen LogP contribution in [0.5, 0.6) is 0 Å². The van der Waals surface area contributed by atoms with Crippen molar-refractivity contribution < 1.29 is 0 Å². The number of halogens is 6. The van der Waals surface area contributed by atoms with Gasteiger partial charge in [-0.25, -0.2) is 0 Å². The lowest BCUT2D eigenvalue weighted by molar-refractivity contribution is 0.557. The van der Waals surface area contributed by atoms with Crippen molar-refractivity contribution in [1.29, 1.82) is 0 Å². The molecule has 0 heterocycles. The van der Waals surface area contributed by atoms with E-state index in [0.29, 0.717) is 29.0 Å². The number of hydrogen-bond donors (Lipinski definition) is 0. The molecular weight excluding hydrogens is 624 g/mol. The van der Waals surface area contributed by atoms with Crippen molar-refractivity contribution in [2.24, 2.45) is 0 Å². The molecule has 108 valence electrons. The molecule has 0 amide bonds. The van der Waals surface area contributed by atoms with Crippen LogP contribution in [-0.4, -0.2) is 29.0 Å². The Hall–Kier alpha value is 2.88. The van der Waals surface area contributed by atoms with Crippen LogP contribution in [0.15, 0.2) is 0 Å². The summed E-state index contributed by atoms with van der Waals surface area (Å²) in [5.41, 5.74) is 0. The SMILES string of the molecule is Br[C@@H]1CC[C@@H](Br)[C@@H](Br)CC[C@H](Br)[C@H](Br)CC[C@@H]1Br. The van der Waals surface area contributed by atoms with Crippen LogP contribution in [0.2, 0.25) is 0 Å². The topological polar surface area (TPSA) is 0 Å². The minimum atomic E-state index is 0.560. The van der Waals surface area contributed by atoms with E-state index in [0.717, 1.165) is 0 Å². The Morgan fingerprint density at radius 3 is 0.556 bits per heavy atom. The highest BCUT2D eigenvalue weighted by atomic mass is 79.9. The second-order valence-electron chi connectivity index (χ2n) is 4.83. The molecule has 1 aliphatic rings. The Kier molecular flexibility index (Phi) is 10.3. The molecule has 0 N–H and O–H groups in total. The predicted octanol–water partition coefficient (Wildman–Crippen LogP) is 6.92. The summed E-state index contributed by atoms with van der Waals surface area (Å²) in [7, 11) is 0. The average molecular weight is 642 g/mol. The van der Waals surface area contributed by atoms with Gasteiger partial charge in [0.1, 0.15) is 0 Å². The Morgan fingerprint density at radius 2 is 0.444 bits per heavy atom. The van der Waals surface area contributed by atoms with Crippen LogP contribution in [0.25, 0.3) is 0 Å². The van der Waals surface area contributed by atoms with Crippen LogP contribution in [0.3, 0.4) is 0 Å². The Balaban J connectivity index is 2.61. The summed E-state index contributed by atoms with van der Waals surface area (Å²) < 4.78 is 0. The number of rotatable bonds is 0. The summed E-state index contributed by atoms with van der Waals surface area (Å²) in [5.74, 6) is 0. The summed E-state index contributed by atoms with van der Waals surface area (Å²) in [4.78, 5) is 3.36. The molecular formula is C12H18Br6. The Morgan fingerprint density at radius 1 is 0.333 bits per heavy atom. The van der Waals surface area contributed by atoms with Crippen molar-refractivity contribution in [3.8, 4) is 0 Å². The minimum Gasteiger partial charge on any atom is -0.0879 e. The Labute approximate surface area is 161 Å². The van der Waals surface area contributed by atoms with Gasteiger partial charge in [-0.2, -0.15) is 0 Å². The van der Waals surface area contributed by atoms with Crippen LogP contribution in [-0.2, 0) is 0 Å². The normalized spacial score (nSPS) is 45.0. The van der Waals surface area contributed by atoms with Gasteiger partial charge in [-0.15, -0.1) is 0 Å². The van der Waals surface area contributed by atoms with E-state index in [1.54, 1.807) is 0 Å². The minimum absolute atomic E-state index is 0.560. The van der Waals surface area contributed by atoms with Crippen LogP contribution in [0, 0.1) is 0 Å². The lowest BCUT2D eigenvalue weighted by Crippen LogP contribution is -2.25. The molecule has 0 unspecified atom stereocenters. The van der Waals surface area contributed by atoms with Gasteiger partial charge in [0.25, 0.3) is 0 Å². The highest BCUT2D eigenvalue weighted by molar-refractivity contribution is 9.13. The highest BCUT2D eigenvalue weighted by Gasteiger charge is 2.25. The molecule has 1 aliphatic carbocycles. The molecule has 1 rings (SSSR count). The van der Waals surface area contributed by atoms with Gasteiger partial charge >= 0.3 is 0 Å². The fourth-order valence-electron chi connectivity index (χ4n) is 2.04. The molecule has 0 aromatic heterocycles. The lowest BCUT2D eigenvalue weighted by Gasteiger charge is -2.25. The second kappa shape index (κ2) is 9.81. The van der Waals surface area contributed by atoms with E-state index in [4.69, 9.17) is 0 Å². The molecule has 18 heavy (non-hydrogen) atoms. The Bertz CT molecular complexity index is 175. The quantitative estimate of drug-likeness (QED) is 0.252. The van der Waals surface area contributed by atoms with E-state index in [1.165, 1.54) is 38.5 Å². The van der Waals surface area contributed by atoms with Crippen LogP contribution in [0.4, 0.5) is 0 Å². The predicted molar refractivity (Wildman–Crippen MR) is 104 cm³/mol. The summed E-state index contributed by atoms with van der Waals surface area (Å²) >= 11 is 22.9. The smallest absolute Gasteiger partial charge is 0.0271 e. The van der Waals surface area contributed by atoms with E-state index in [1.807, 2.05) is 0 Å². The first kappa shape index (κ1) is 18.9. The molecule has 6 heteroatoms. The molecule has 1 fully saturated rings. The monoisotopic (exact) mass is 636 g/mol. The van der Waals surface area contributed by atoms with Crippen molar-refractivity contribution in [2.75, 3.05) is 0 Å². The summed E-state index contributed by atoms with van der Waals surface area (Å²) in [6, 6.07) is 0. The van der Waals surface area contributed by atoms with Crippen molar-refractivity contribution in [1.82, 2.24) is 0 Å². The highest BCUT2D eigenvalue weighted by Crippen LogP contribution is 2.34. The van der Waals surface area contributed by atoms with Gasteiger partial charge in [0.2, 0.25) is 0 Å². The maximum Gasteiger partial charge on any atom is 0.0271 e. The zero-order chi connectivity index (χ0) is 13.7. The third-order valence-corrected chi connectivity index (χ3v) is 12.0. The third kappa shape index (κ3) is 6.76. The van der Waals surface area contributed by atoms with Gasteiger partial charge in [-0.1, -0.05) is 95.6 Å². The van der Waals surface area contributed by atoms with Crippen LogP contribution >= 0.6 is 95.6 Å².